The van der Waals surface area contributed by atoms with Gasteiger partial charge in [0.05, 0.1) is 13.2 Å². The van der Waals surface area contributed by atoms with Gasteiger partial charge in [-0.25, -0.2) is 14.4 Å². The van der Waals surface area contributed by atoms with E-state index in [9.17, 15) is 4.39 Å². The molecule has 8 nitrogen and oxygen atoms in total. The Balaban J connectivity index is 1.47. The number of hydrogen-bond acceptors (Lipinski definition) is 7. The molecule has 1 aromatic carbocycles. The lowest BCUT2D eigenvalue weighted by molar-refractivity contribution is 0.326. The molecule has 158 valence electrons. The summed E-state index contributed by atoms with van der Waals surface area (Å²) in [5, 5.41) is 11.5. The SMILES string of the molecule is CCOc1cc(C)c(-c2cnc(NCc3c(F)ccc4c3CCO4)n3cnnc23)cn1. The number of halogens is 1. The van der Waals surface area contributed by atoms with Crippen LogP contribution in [0.5, 0.6) is 11.6 Å². The van der Waals surface area contributed by atoms with Crippen molar-refractivity contribution in [2.45, 2.75) is 26.8 Å². The van der Waals surface area contributed by atoms with E-state index in [1.165, 1.54) is 6.07 Å². The zero-order valence-electron chi connectivity index (χ0n) is 17.2. The molecular weight excluding hydrogens is 399 g/mol. The van der Waals surface area contributed by atoms with Gasteiger partial charge in [0.25, 0.3) is 0 Å². The van der Waals surface area contributed by atoms with Crippen LogP contribution < -0.4 is 14.8 Å². The summed E-state index contributed by atoms with van der Waals surface area (Å²) in [5.41, 5.74) is 4.82. The predicted molar refractivity (Wildman–Crippen MR) is 113 cm³/mol. The van der Waals surface area contributed by atoms with E-state index >= 15 is 0 Å². The lowest BCUT2D eigenvalue weighted by Crippen LogP contribution is -2.10. The summed E-state index contributed by atoms with van der Waals surface area (Å²) >= 11 is 0. The number of rotatable bonds is 6. The number of pyridine rings is 1. The van der Waals surface area contributed by atoms with Gasteiger partial charge >= 0.3 is 0 Å². The Bertz CT molecular complexity index is 1270. The first-order valence-corrected chi connectivity index (χ1v) is 10.1. The second-order valence-electron chi connectivity index (χ2n) is 7.25. The van der Waals surface area contributed by atoms with Crippen molar-refractivity contribution in [2.24, 2.45) is 0 Å². The first-order valence-electron chi connectivity index (χ1n) is 10.1. The van der Waals surface area contributed by atoms with Crippen LogP contribution >= 0.6 is 0 Å². The normalized spacial score (nSPS) is 12.6. The van der Waals surface area contributed by atoms with Gasteiger partial charge < -0.3 is 14.8 Å². The monoisotopic (exact) mass is 420 g/mol. The summed E-state index contributed by atoms with van der Waals surface area (Å²) in [6.07, 6.45) is 5.76. The molecule has 1 N–H and O–H groups in total. The van der Waals surface area contributed by atoms with Crippen LogP contribution in [0.2, 0.25) is 0 Å². The molecular formula is C22H21FN6O2. The smallest absolute Gasteiger partial charge is 0.213 e. The lowest BCUT2D eigenvalue weighted by Gasteiger charge is -2.13. The van der Waals surface area contributed by atoms with E-state index in [0.29, 0.717) is 42.7 Å². The largest absolute Gasteiger partial charge is 0.493 e. The second-order valence-corrected chi connectivity index (χ2v) is 7.25. The molecule has 4 heterocycles. The Hall–Kier alpha value is -3.75. The third-order valence-corrected chi connectivity index (χ3v) is 5.36. The Labute approximate surface area is 178 Å². The lowest BCUT2D eigenvalue weighted by atomic mass is 10.0. The molecule has 0 saturated heterocycles. The van der Waals surface area contributed by atoms with E-state index in [2.05, 4.69) is 25.5 Å². The molecule has 0 fully saturated rings. The first kappa shape index (κ1) is 19.2. The number of nitrogens with one attached hydrogen (secondary N) is 1. The van der Waals surface area contributed by atoms with Crippen LogP contribution in [-0.2, 0) is 13.0 Å². The van der Waals surface area contributed by atoms with Crippen LogP contribution in [0.1, 0.15) is 23.6 Å². The number of aryl methyl sites for hydroxylation is 1. The molecule has 3 aromatic heterocycles. The highest BCUT2D eigenvalue weighted by atomic mass is 19.1. The summed E-state index contributed by atoms with van der Waals surface area (Å²) in [6.45, 7) is 5.31. The highest BCUT2D eigenvalue weighted by molar-refractivity contribution is 5.79. The molecule has 0 radical (unpaired) electrons. The molecule has 0 aliphatic carbocycles. The molecule has 9 heteroatoms. The van der Waals surface area contributed by atoms with E-state index in [4.69, 9.17) is 9.47 Å². The molecule has 0 amide bonds. The van der Waals surface area contributed by atoms with Gasteiger partial charge in [0.2, 0.25) is 11.8 Å². The standard InChI is InChI=1S/C22H21FN6O2/c1-3-30-20-8-13(2)15(9-24-20)17-11-26-22(29-12-27-28-21(17)29)25-10-16-14-6-7-31-19(14)5-4-18(16)23/h4-5,8-9,11-12H,3,6-7,10H2,1-2H3,(H,25,26). The molecule has 31 heavy (non-hydrogen) atoms. The van der Waals surface area contributed by atoms with Crippen molar-refractivity contribution in [1.82, 2.24) is 24.6 Å². The Morgan fingerprint density at radius 1 is 1.23 bits per heavy atom. The van der Waals surface area contributed by atoms with Crippen molar-refractivity contribution < 1.29 is 13.9 Å². The maximum absolute atomic E-state index is 14.5. The molecule has 0 unspecified atom stereocenters. The van der Waals surface area contributed by atoms with Gasteiger partial charge in [-0.1, -0.05) is 0 Å². The van der Waals surface area contributed by atoms with Gasteiger partial charge in [0.1, 0.15) is 17.9 Å². The second kappa shape index (κ2) is 7.82. The van der Waals surface area contributed by atoms with Crippen molar-refractivity contribution in [3.05, 3.63) is 59.4 Å². The van der Waals surface area contributed by atoms with Crippen molar-refractivity contribution >= 4 is 11.6 Å². The van der Waals surface area contributed by atoms with E-state index in [-0.39, 0.29) is 12.4 Å². The van der Waals surface area contributed by atoms with Crippen molar-refractivity contribution in [2.75, 3.05) is 18.5 Å². The summed E-state index contributed by atoms with van der Waals surface area (Å²) in [7, 11) is 0. The fourth-order valence-corrected chi connectivity index (χ4v) is 3.85. The van der Waals surface area contributed by atoms with Crippen LogP contribution in [0.15, 0.2) is 36.9 Å². The van der Waals surface area contributed by atoms with E-state index in [1.54, 1.807) is 29.2 Å². The van der Waals surface area contributed by atoms with Gasteiger partial charge in [0, 0.05) is 53.7 Å². The van der Waals surface area contributed by atoms with Crippen molar-refractivity contribution in [1.29, 1.82) is 0 Å². The topological polar surface area (TPSA) is 86.5 Å². The Morgan fingerprint density at radius 2 is 2.10 bits per heavy atom. The number of aromatic nitrogens is 5. The van der Waals surface area contributed by atoms with Crippen LogP contribution in [0.25, 0.3) is 16.8 Å². The number of ether oxygens (including phenoxy) is 2. The predicted octanol–water partition coefficient (Wildman–Crippen LogP) is 3.58. The molecule has 0 saturated carbocycles. The Kier molecular flexibility index (Phi) is 4.85. The molecule has 1 aliphatic rings. The van der Waals surface area contributed by atoms with Gasteiger partial charge in [-0.15, -0.1) is 10.2 Å². The van der Waals surface area contributed by atoms with Crippen molar-refractivity contribution in [3.8, 4) is 22.8 Å². The molecule has 4 aromatic rings. The zero-order valence-corrected chi connectivity index (χ0v) is 17.2. The number of anilines is 1. The Morgan fingerprint density at radius 3 is 2.94 bits per heavy atom. The maximum atomic E-state index is 14.5. The first-order chi connectivity index (χ1) is 15.2. The molecule has 5 rings (SSSR count). The van der Waals surface area contributed by atoms with Crippen LogP contribution in [0.3, 0.4) is 0 Å². The summed E-state index contributed by atoms with van der Waals surface area (Å²) in [6, 6.07) is 5.01. The zero-order chi connectivity index (χ0) is 21.4. The van der Waals surface area contributed by atoms with Crippen LogP contribution in [-0.4, -0.2) is 37.8 Å². The number of hydrogen-bond donors (Lipinski definition) is 1. The third kappa shape index (κ3) is 3.41. The quantitative estimate of drug-likeness (QED) is 0.510. The van der Waals surface area contributed by atoms with Crippen molar-refractivity contribution in [3.63, 3.8) is 0 Å². The molecule has 0 spiro atoms. The maximum Gasteiger partial charge on any atom is 0.213 e. The summed E-state index contributed by atoms with van der Waals surface area (Å²) in [5.74, 6) is 1.59. The van der Waals surface area contributed by atoms with E-state index < -0.39 is 0 Å². The van der Waals surface area contributed by atoms with E-state index in [0.717, 1.165) is 28.0 Å². The van der Waals surface area contributed by atoms with Gasteiger partial charge in [-0.2, -0.15) is 0 Å². The van der Waals surface area contributed by atoms with Gasteiger partial charge in [-0.05, 0) is 31.5 Å². The molecule has 1 aliphatic heterocycles. The van der Waals surface area contributed by atoms with Gasteiger partial charge in [0.15, 0.2) is 5.65 Å². The highest BCUT2D eigenvalue weighted by Gasteiger charge is 2.20. The van der Waals surface area contributed by atoms with Gasteiger partial charge in [-0.3, -0.25) is 4.40 Å². The highest BCUT2D eigenvalue weighted by Crippen LogP contribution is 2.31. The minimum Gasteiger partial charge on any atom is -0.493 e. The molecule has 0 atom stereocenters. The number of nitrogens with zero attached hydrogens (tertiary/aromatic N) is 5. The fraction of sp³-hybridized carbons (Fsp3) is 0.273. The average Bonchev–Trinajstić information content (AvgIpc) is 3.43. The third-order valence-electron chi connectivity index (χ3n) is 5.36. The minimum atomic E-state index is -0.260. The summed E-state index contributed by atoms with van der Waals surface area (Å²) in [4.78, 5) is 8.91. The van der Waals surface area contributed by atoms with Crippen LogP contribution in [0.4, 0.5) is 10.3 Å². The number of benzene rings is 1. The summed E-state index contributed by atoms with van der Waals surface area (Å²) < 4.78 is 27.2. The fourth-order valence-electron chi connectivity index (χ4n) is 3.85. The van der Waals surface area contributed by atoms with Crippen LogP contribution in [0, 0.1) is 12.7 Å². The van der Waals surface area contributed by atoms with E-state index in [1.807, 2.05) is 19.9 Å². The average molecular weight is 420 g/mol. The number of fused-ring (bicyclic) bond motifs is 2. The molecule has 0 bridgehead atoms. The minimum absolute atomic E-state index is 0.260.